The van der Waals surface area contributed by atoms with Crippen LogP contribution in [0.5, 0.6) is 17.2 Å². The minimum atomic E-state index is -0.861. The Hall–Kier alpha value is -1.62. The summed E-state index contributed by atoms with van der Waals surface area (Å²) in [4.78, 5) is 0. The molecular formula is C13H9BrF2O2. The summed E-state index contributed by atoms with van der Waals surface area (Å²) in [6.07, 6.45) is 0. The maximum absolute atomic E-state index is 13.8. The van der Waals surface area contributed by atoms with Crippen molar-refractivity contribution >= 4 is 15.9 Å². The highest BCUT2D eigenvalue weighted by atomic mass is 79.9. The van der Waals surface area contributed by atoms with Gasteiger partial charge in [0, 0.05) is 4.47 Å². The van der Waals surface area contributed by atoms with Gasteiger partial charge in [0.2, 0.25) is 5.82 Å². The quantitative estimate of drug-likeness (QED) is 0.828. The third kappa shape index (κ3) is 2.61. The SMILES string of the molecule is COc1c(F)ccc(Oc2ccc(Br)cc2)c1F. The normalized spacial score (nSPS) is 10.2. The zero-order chi connectivity index (χ0) is 13.1. The predicted octanol–water partition coefficient (Wildman–Crippen LogP) is 4.53. The van der Waals surface area contributed by atoms with E-state index in [4.69, 9.17) is 4.74 Å². The van der Waals surface area contributed by atoms with Crippen LogP contribution in [0.1, 0.15) is 0 Å². The molecule has 0 aliphatic carbocycles. The molecule has 0 bridgehead atoms. The van der Waals surface area contributed by atoms with Crippen LogP contribution in [0.15, 0.2) is 40.9 Å². The van der Waals surface area contributed by atoms with Crippen LogP contribution < -0.4 is 9.47 Å². The average Bonchev–Trinajstić information content (AvgIpc) is 2.36. The number of benzene rings is 2. The van der Waals surface area contributed by atoms with Gasteiger partial charge in [-0.15, -0.1) is 0 Å². The fourth-order valence-corrected chi connectivity index (χ4v) is 1.67. The van der Waals surface area contributed by atoms with Gasteiger partial charge in [0.05, 0.1) is 7.11 Å². The van der Waals surface area contributed by atoms with Crippen LogP contribution in [0.4, 0.5) is 8.78 Å². The van der Waals surface area contributed by atoms with Gasteiger partial charge < -0.3 is 9.47 Å². The van der Waals surface area contributed by atoms with Crippen molar-refractivity contribution in [3.05, 3.63) is 52.5 Å². The minimum absolute atomic E-state index is 0.0874. The first-order valence-electron chi connectivity index (χ1n) is 5.07. The van der Waals surface area contributed by atoms with Crippen molar-refractivity contribution in [3.8, 4) is 17.2 Å². The average molecular weight is 315 g/mol. The van der Waals surface area contributed by atoms with Crippen molar-refractivity contribution in [2.75, 3.05) is 7.11 Å². The van der Waals surface area contributed by atoms with Crippen molar-refractivity contribution in [3.63, 3.8) is 0 Å². The molecule has 2 rings (SSSR count). The van der Waals surface area contributed by atoms with E-state index in [-0.39, 0.29) is 5.75 Å². The van der Waals surface area contributed by atoms with Crippen LogP contribution in [0.25, 0.3) is 0 Å². The highest BCUT2D eigenvalue weighted by Gasteiger charge is 2.15. The summed E-state index contributed by atoms with van der Waals surface area (Å²) in [5.74, 6) is -1.72. The second kappa shape index (κ2) is 5.35. The van der Waals surface area contributed by atoms with E-state index in [2.05, 4.69) is 20.7 Å². The number of halogens is 3. The molecule has 0 N–H and O–H groups in total. The maximum atomic E-state index is 13.8. The monoisotopic (exact) mass is 314 g/mol. The fourth-order valence-electron chi connectivity index (χ4n) is 1.41. The van der Waals surface area contributed by atoms with Crippen LogP contribution in [-0.4, -0.2) is 7.11 Å². The van der Waals surface area contributed by atoms with Crippen LogP contribution in [0, 0.1) is 11.6 Å². The predicted molar refractivity (Wildman–Crippen MR) is 67.1 cm³/mol. The zero-order valence-electron chi connectivity index (χ0n) is 9.41. The van der Waals surface area contributed by atoms with Gasteiger partial charge in [-0.25, -0.2) is 4.39 Å². The van der Waals surface area contributed by atoms with Crippen LogP contribution >= 0.6 is 15.9 Å². The van der Waals surface area contributed by atoms with Crippen molar-refractivity contribution in [1.82, 2.24) is 0 Å². The zero-order valence-corrected chi connectivity index (χ0v) is 11.0. The maximum Gasteiger partial charge on any atom is 0.210 e. The molecule has 0 atom stereocenters. The Balaban J connectivity index is 2.32. The molecule has 0 saturated heterocycles. The van der Waals surface area contributed by atoms with Crippen molar-refractivity contribution in [2.24, 2.45) is 0 Å². The van der Waals surface area contributed by atoms with Crippen LogP contribution in [0.3, 0.4) is 0 Å². The second-order valence-electron chi connectivity index (χ2n) is 3.45. The summed E-state index contributed by atoms with van der Waals surface area (Å²) >= 11 is 3.28. The highest BCUT2D eigenvalue weighted by Crippen LogP contribution is 2.32. The Bertz CT molecular complexity index is 556. The molecule has 0 amide bonds. The molecule has 5 heteroatoms. The molecular weight excluding hydrogens is 306 g/mol. The standard InChI is InChI=1S/C13H9BrF2O2/c1-17-13-10(15)6-7-11(12(13)16)18-9-4-2-8(14)3-5-9/h2-7H,1H3. The number of hydrogen-bond donors (Lipinski definition) is 0. The summed E-state index contributed by atoms with van der Waals surface area (Å²) in [5, 5.41) is 0. The molecule has 0 aliphatic rings. The Morgan fingerprint density at radius 1 is 1.00 bits per heavy atom. The van der Waals surface area contributed by atoms with Gasteiger partial charge in [-0.05, 0) is 36.4 Å². The minimum Gasteiger partial charge on any atom is -0.491 e. The number of ether oxygens (including phenoxy) is 2. The second-order valence-corrected chi connectivity index (χ2v) is 4.36. The Morgan fingerprint density at radius 3 is 2.28 bits per heavy atom. The largest absolute Gasteiger partial charge is 0.491 e. The number of hydrogen-bond acceptors (Lipinski definition) is 2. The molecule has 0 unspecified atom stereocenters. The van der Waals surface area contributed by atoms with E-state index in [0.29, 0.717) is 5.75 Å². The van der Waals surface area contributed by atoms with Gasteiger partial charge >= 0.3 is 0 Å². The third-order valence-electron chi connectivity index (χ3n) is 2.26. The van der Waals surface area contributed by atoms with E-state index in [1.807, 2.05) is 0 Å². The summed E-state index contributed by atoms with van der Waals surface area (Å²) in [5.41, 5.74) is 0. The van der Waals surface area contributed by atoms with Gasteiger partial charge in [0.1, 0.15) is 5.75 Å². The topological polar surface area (TPSA) is 18.5 Å². The van der Waals surface area contributed by atoms with Crippen LogP contribution in [0.2, 0.25) is 0 Å². The van der Waals surface area contributed by atoms with Crippen molar-refractivity contribution in [2.45, 2.75) is 0 Å². The van der Waals surface area contributed by atoms with Gasteiger partial charge in [-0.1, -0.05) is 15.9 Å². The van der Waals surface area contributed by atoms with Gasteiger partial charge in [0.15, 0.2) is 17.3 Å². The van der Waals surface area contributed by atoms with Gasteiger partial charge in [-0.3, -0.25) is 0 Å². The molecule has 0 spiro atoms. The first kappa shape index (κ1) is 12.8. The molecule has 2 aromatic rings. The molecule has 2 nitrogen and oxygen atoms in total. The molecule has 0 aromatic heterocycles. The molecule has 0 aliphatic heterocycles. The number of rotatable bonds is 3. The Morgan fingerprint density at radius 2 is 1.67 bits per heavy atom. The lowest BCUT2D eigenvalue weighted by Gasteiger charge is -2.10. The summed E-state index contributed by atoms with van der Waals surface area (Å²) < 4.78 is 37.8. The highest BCUT2D eigenvalue weighted by molar-refractivity contribution is 9.10. The molecule has 0 heterocycles. The van der Waals surface area contributed by atoms with E-state index in [1.54, 1.807) is 24.3 Å². The first-order chi connectivity index (χ1) is 8.61. The smallest absolute Gasteiger partial charge is 0.210 e. The molecule has 2 aromatic carbocycles. The van der Waals surface area contributed by atoms with E-state index in [1.165, 1.54) is 13.2 Å². The van der Waals surface area contributed by atoms with E-state index >= 15 is 0 Å². The first-order valence-corrected chi connectivity index (χ1v) is 5.86. The third-order valence-corrected chi connectivity index (χ3v) is 2.79. The number of methoxy groups -OCH3 is 1. The summed E-state index contributed by atoms with van der Waals surface area (Å²) in [6, 6.07) is 9.16. The van der Waals surface area contributed by atoms with Gasteiger partial charge in [-0.2, -0.15) is 4.39 Å². The summed E-state index contributed by atoms with van der Waals surface area (Å²) in [6.45, 7) is 0. The molecule has 0 fully saturated rings. The lowest BCUT2D eigenvalue weighted by atomic mass is 10.3. The van der Waals surface area contributed by atoms with Crippen molar-refractivity contribution < 1.29 is 18.3 Å². The van der Waals surface area contributed by atoms with E-state index < -0.39 is 17.4 Å². The lowest BCUT2D eigenvalue weighted by molar-refractivity contribution is 0.345. The van der Waals surface area contributed by atoms with Crippen LogP contribution in [-0.2, 0) is 0 Å². The Kier molecular flexibility index (Phi) is 3.81. The Labute approximate surface area is 111 Å². The van der Waals surface area contributed by atoms with Gasteiger partial charge in [0.25, 0.3) is 0 Å². The van der Waals surface area contributed by atoms with E-state index in [0.717, 1.165) is 10.5 Å². The molecule has 0 radical (unpaired) electrons. The molecule has 0 saturated carbocycles. The van der Waals surface area contributed by atoms with E-state index in [9.17, 15) is 8.78 Å². The summed E-state index contributed by atoms with van der Waals surface area (Å²) in [7, 11) is 1.20. The molecule has 94 valence electrons. The van der Waals surface area contributed by atoms with Crippen molar-refractivity contribution in [1.29, 1.82) is 0 Å². The lowest BCUT2D eigenvalue weighted by Crippen LogP contribution is -1.96. The molecule has 18 heavy (non-hydrogen) atoms. The fraction of sp³-hybridized carbons (Fsp3) is 0.0769.